The van der Waals surface area contributed by atoms with Crippen molar-refractivity contribution in [2.75, 3.05) is 0 Å². The molecular weight excluding hydrogens is 194 g/mol. The van der Waals surface area contributed by atoms with E-state index in [0.29, 0.717) is 5.92 Å². The van der Waals surface area contributed by atoms with E-state index in [2.05, 4.69) is 11.9 Å². The molecule has 3 heteroatoms. The molecule has 1 fully saturated rings. The van der Waals surface area contributed by atoms with Crippen molar-refractivity contribution in [2.24, 2.45) is 5.92 Å². The maximum absolute atomic E-state index is 10.4. The zero-order valence-electron chi connectivity index (χ0n) is 8.79. The molecule has 14 heavy (non-hydrogen) atoms. The molecule has 1 N–H and O–H groups in total. The van der Waals surface area contributed by atoms with Gasteiger partial charge in [0, 0.05) is 5.38 Å². The van der Waals surface area contributed by atoms with Crippen LogP contribution < -0.4 is 0 Å². The van der Waals surface area contributed by atoms with Gasteiger partial charge in [0.1, 0.15) is 5.60 Å². The average molecular weight is 211 g/mol. The van der Waals surface area contributed by atoms with E-state index in [0.717, 1.165) is 30.0 Å². The minimum absolute atomic E-state index is 0.620. The Morgan fingerprint density at radius 1 is 1.71 bits per heavy atom. The highest BCUT2D eigenvalue weighted by Gasteiger charge is 2.39. The van der Waals surface area contributed by atoms with E-state index in [1.165, 1.54) is 6.42 Å². The van der Waals surface area contributed by atoms with E-state index in [4.69, 9.17) is 0 Å². The van der Waals surface area contributed by atoms with E-state index in [9.17, 15) is 5.11 Å². The SMILES string of the molecule is CCC1CCC(O)(c2csc(C)n2)C1. The second-order valence-electron chi connectivity index (χ2n) is 4.30. The third-order valence-corrected chi connectivity index (χ3v) is 4.04. The van der Waals surface area contributed by atoms with Gasteiger partial charge in [0.25, 0.3) is 0 Å². The van der Waals surface area contributed by atoms with Crippen molar-refractivity contribution in [3.05, 3.63) is 16.1 Å². The Balaban J connectivity index is 2.18. The number of hydrogen-bond donors (Lipinski definition) is 1. The van der Waals surface area contributed by atoms with Crippen LogP contribution in [-0.2, 0) is 5.60 Å². The normalized spacial score (nSPS) is 32.4. The predicted molar refractivity (Wildman–Crippen MR) is 58.4 cm³/mol. The van der Waals surface area contributed by atoms with Gasteiger partial charge in [-0.1, -0.05) is 13.3 Å². The number of aromatic nitrogens is 1. The van der Waals surface area contributed by atoms with Crippen molar-refractivity contribution >= 4 is 11.3 Å². The van der Waals surface area contributed by atoms with Gasteiger partial charge in [-0.2, -0.15) is 0 Å². The molecular formula is C11H17NOS. The van der Waals surface area contributed by atoms with Crippen LogP contribution in [0.5, 0.6) is 0 Å². The molecule has 1 aliphatic carbocycles. The molecule has 0 aromatic carbocycles. The van der Waals surface area contributed by atoms with E-state index in [-0.39, 0.29) is 0 Å². The lowest BCUT2D eigenvalue weighted by Gasteiger charge is -2.20. The zero-order chi connectivity index (χ0) is 10.2. The minimum atomic E-state index is -0.620. The average Bonchev–Trinajstić information content (AvgIpc) is 2.73. The van der Waals surface area contributed by atoms with Crippen LogP contribution in [0.1, 0.15) is 43.3 Å². The van der Waals surface area contributed by atoms with Crippen molar-refractivity contribution in [3.8, 4) is 0 Å². The molecule has 1 heterocycles. The number of thiazole rings is 1. The molecule has 78 valence electrons. The smallest absolute Gasteiger partial charge is 0.108 e. The first-order valence-corrected chi connectivity index (χ1v) is 6.17. The first-order chi connectivity index (χ1) is 6.64. The van der Waals surface area contributed by atoms with Crippen molar-refractivity contribution in [1.29, 1.82) is 0 Å². The fourth-order valence-electron chi connectivity index (χ4n) is 2.28. The van der Waals surface area contributed by atoms with E-state index in [1.807, 2.05) is 12.3 Å². The highest BCUT2D eigenvalue weighted by molar-refractivity contribution is 7.09. The lowest BCUT2D eigenvalue weighted by Crippen LogP contribution is -2.22. The molecule has 2 unspecified atom stereocenters. The summed E-state index contributed by atoms with van der Waals surface area (Å²) in [6.07, 6.45) is 4.09. The molecule has 2 atom stereocenters. The summed E-state index contributed by atoms with van der Waals surface area (Å²) in [5.41, 5.74) is 0.279. The van der Waals surface area contributed by atoms with Gasteiger partial charge in [-0.25, -0.2) is 4.98 Å². The van der Waals surface area contributed by atoms with Crippen LogP contribution in [0.3, 0.4) is 0 Å². The topological polar surface area (TPSA) is 33.1 Å². The second kappa shape index (κ2) is 3.63. The maximum atomic E-state index is 10.4. The summed E-state index contributed by atoms with van der Waals surface area (Å²) >= 11 is 1.63. The summed E-state index contributed by atoms with van der Waals surface area (Å²) in [7, 11) is 0. The molecule has 0 saturated heterocycles. The molecule has 2 rings (SSSR count). The quantitative estimate of drug-likeness (QED) is 0.816. The molecule has 1 aromatic heterocycles. The lowest BCUT2D eigenvalue weighted by molar-refractivity contribution is 0.0359. The fourth-order valence-corrected chi connectivity index (χ4v) is 2.99. The van der Waals surface area contributed by atoms with Crippen molar-refractivity contribution in [1.82, 2.24) is 4.98 Å². The molecule has 1 saturated carbocycles. The summed E-state index contributed by atoms with van der Waals surface area (Å²) in [5, 5.41) is 13.5. The Morgan fingerprint density at radius 3 is 3.00 bits per heavy atom. The van der Waals surface area contributed by atoms with Crippen LogP contribution in [0.15, 0.2) is 5.38 Å². The van der Waals surface area contributed by atoms with Gasteiger partial charge in [0.15, 0.2) is 0 Å². The van der Waals surface area contributed by atoms with Crippen molar-refractivity contribution in [2.45, 2.75) is 45.1 Å². The van der Waals surface area contributed by atoms with Gasteiger partial charge in [0.2, 0.25) is 0 Å². The van der Waals surface area contributed by atoms with Crippen molar-refractivity contribution in [3.63, 3.8) is 0 Å². The van der Waals surface area contributed by atoms with Gasteiger partial charge in [-0.15, -0.1) is 11.3 Å². The molecule has 0 radical (unpaired) electrons. The monoisotopic (exact) mass is 211 g/mol. The number of nitrogens with zero attached hydrogens (tertiary/aromatic N) is 1. The molecule has 0 bridgehead atoms. The first kappa shape index (κ1) is 10.1. The van der Waals surface area contributed by atoms with Gasteiger partial charge in [-0.05, 0) is 32.1 Å². The molecule has 0 spiro atoms. The van der Waals surface area contributed by atoms with Gasteiger partial charge < -0.3 is 5.11 Å². The van der Waals surface area contributed by atoms with Crippen LogP contribution in [-0.4, -0.2) is 10.1 Å². The molecule has 2 nitrogen and oxygen atoms in total. The summed E-state index contributed by atoms with van der Waals surface area (Å²) in [6.45, 7) is 4.19. The minimum Gasteiger partial charge on any atom is -0.384 e. The third kappa shape index (κ3) is 1.71. The van der Waals surface area contributed by atoms with Gasteiger partial charge >= 0.3 is 0 Å². The summed E-state index contributed by atoms with van der Waals surface area (Å²) in [4.78, 5) is 4.40. The second-order valence-corrected chi connectivity index (χ2v) is 5.36. The van der Waals surface area contributed by atoms with Crippen LogP contribution in [0.4, 0.5) is 0 Å². The lowest BCUT2D eigenvalue weighted by atomic mass is 9.96. The Hall–Kier alpha value is -0.410. The first-order valence-electron chi connectivity index (χ1n) is 5.29. The van der Waals surface area contributed by atoms with Crippen LogP contribution in [0.2, 0.25) is 0 Å². The number of aryl methyl sites for hydroxylation is 1. The molecule has 0 amide bonds. The van der Waals surface area contributed by atoms with E-state index in [1.54, 1.807) is 11.3 Å². The summed E-state index contributed by atoms with van der Waals surface area (Å²) < 4.78 is 0. The standard InChI is InChI=1S/C11H17NOS/c1-3-9-4-5-11(13,6-9)10-7-14-8(2)12-10/h7,9,13H,3-6H2,1-2H3. The number of hydrogen-bond acceptors (Lipinski definition) is 3. The van der Waals surface area contributed by atoms with Crippen LogP contribution >= 0.6 is 11.3 Å². The van der Waals surface area contributed by atoms with Gasteiger partial charge in [-0.3, -0.25) is 0 Å². The Bertz CT molecular complexity index is 323. The Morgan fingerprint density at radius 2 is 2.50 bits per heavy atom. The predicted octanol–water partition coefficient (Wildman–Crippen LogP) is 2.85. The third-order valence-electron chi connectivity index (χ3n) is 3.27. The number of rotatable bonds is 2. The summed E-state index contributed by atoms with van der Waals surface area (Å²) in [5.74, 6) is 0.682. The molecule has 1 aliphatic rings. The summed E-state index contributed by atoms with van der Waals surface area (Å²) in [6, 6.07) is 0. The molecule has 1 aromatic rings. The molecule has 0 aliphatic heterocycles. The Labute approximate surface area is 89.0 Å². The fraction of sp³-hybridized carbons (Fsp3) is 0.727. The van der Waals surface area contributed by atoms with Crippen LogP contribution in [0.25, 0.3) is 0 Å². The van der Waals surface area contributed by atoms with Crippen molar-refractivity contribution < 1.29 is 5.11 Å². The highest BCUT2D eigenvalue weighted by atomic mass is 32.1. The zero-order valence-corrected chi connectivity index (χ0v) is 9.60. The van der Waals surface area contributed by atoms with E-state index >= 15 is 0 Å². The Kier molecular flexibility index (Phi) is 2.62. The van der Waals surface area contributed by atoms with Crippen LogP contribution in [0, 0.1) is 12.8 Å². The maximum Gasteiger partial charge on any atom is 0.108 e. The van der Waals surface area contributed by atoms with E-state index < -0.39 is 5.60 Å². The highest BCUT2D eigenvalue weighted by Crippen LogP contribution is 2.43. The largest absolute Gasteiger partial charge is 0.384 e. The van der Waals surface area contributed by atoms with Gasteiger partial charge in [0.05, 0.1) is 10.7 Å². The number of aliphatic hydroxyl groups is 1.